The summed E-state index contributed by atoms with van der Waals surface area (Å²) in [5.41, 5.74) is 6.64. The molecule has 1 atom stereocenters. The van der Waals surface area contributed by atoms with Crippen LogP contribution in [0.2, 0.25) is 0 Å². The van der Waals surface area contributed by atoms with Crippen LogP contribution in [0.3, 0.4) is 0 Å². The third-order valence-corrected chi connectivity index (χ3v) is 3.23. The first-order valence-electron chi connectivity index (χ1n) is 4.86. The van der Waals surface area contributed by atoms with E-state index < -0.39 is 0 Å². The van der Waals surface area contributed by atoms with E-state index in [2.05, 4.69) is 12.1 Å². The Labute approximate surface area is 89.5 Å². The Hall–Kier alpha value is -0.510. The van der Waals surface area contributed by atoms with Gasteiger partial charge in [-0.15, -0.1) is 11.8 Å². The molecule has 2 nitrogen and oxygen atoms in total. The predicted molar refractivity (Wildman–Crippen MR) is 61.4 cm³/mol. The minimum Gasteiger partial charge on any atom is -0.392 e. The zero-order chi connectivity index (χ0) is 10.4. The van der Waals surface area contributed by atoms with Gasteiger partial charge in [0.15, 0.2) is 0 Å². The van der Waals surface area contributed by atoms with Crippen molar-refractivity contribution in [2.24, 2.45) is 5.73 Å². The van der Waals surface area contributed by atoms with Crippen LogP contribution < -0.4 is 5.73 Å². The standard InChI is InChI=1S/C11H17NOS/c1-2-10(13)8-14-11-5-3-9(7-12)4-6-11/h3-6,10,13H,2,7-8,12H2,1H3. The highest BCUT2D eigenvalue weighted by Gasteiger charge is 2.01. The molecule has 78 valence electrons. The predicted octanol–water partition coefficient (Wildman–Crippen LogP) is 2.01. The van der Waals surface area contributed by atoms with Gasteiger partial charge in [0.1, 0.15) is 0 Å². The zero-order valence-corrected chi connectivity index (χ0v) is 9.26. The molecule has 3 heteroatoms. The van der Waals surface area contributed by atoms with Crippen LogP contribution in [0.4, 0.5) is 0 Å². The van der Waals surface area contributed by atoms with Crippen LogP contribution >= 0.6 is 11.8 Å². The van der Waals surface area contributed by atoms with Gasteiger partial charge in [-0.2, -0.15) is 0 Å². The van der Waals surface area contributed by atoms with Gasteiger partial charge < -0.3 is 10.8 Å². The fraction of sp³-hybridized carbons (Fsp3) is 0.455. The second kappa shape index (κ2) is 6.06. The molecule has 0 heterocycles. The summed E-state index contributed by atoms with van der Waals surface area (Å²) in [6, 6.07) is 8.16. The van der Waals surface area contributed by atoms with Crippen LogP contribution in [0.25, 0.3) is 0 Å². The second-order valence-corrected chi connectivity index (χ2v) is 4.31. The minimum atomic E-state index is -0.200. The Balaban J connectivity index is 2.43. The molecule has 0 saturated carbocycles. The molecular weight excluding hydrogens is 194 g/mol. The molecule has 0 saturated heterocycles. The van der Waals surface area contributed by atoms with Gasteiger partial charge in [0.2, 0.25) is 0 Å². The number of benzene rings is 1. The maximum absolute atomic E-state index is 9.38. The van der Waals surface area contributed by atoms with Crippen LogP contribution in [0, 0.1) is 0 Å². The molecule has 1 aromatic carbocycles. The van der Waals surface area contributed by atoms with Crippen molar-refractivity contribution >= 4 is 11.8 Å². The monoisotopic (exact) mass is 211 g/mol. The van der Waals surface area contributed by atoms with E-state index in [1.807, 2.05) is 19.1 Å². The highest BCUT2D eigenvalue weighted by atomic mass is 32.2. The van der Waals surface area contributed by atoms with Crippen molar-refractivity contribution in [3.63, 3.8) is 0 Å². The van der Waals surface area contributed by atoms with Gasteiger partial charge in [0, 0.05) is 17.2 Å². The van der Waals surface area contributed by atoms with Crippen LogP contribution in [0.1, 0.15) is 18.9 Å². The number of hydrogen-bond acceptors (Lipinski definition) is 3. The Bertz CT molecular complexity index is 260. The molecule has 3 N–H and O–H groups in total. The lowest BCUT2D eigenvalue weighted by Crippen LogP contribution is -2.07. The summed E-state index contributed by atoms with van der Waals surface area (Å²) >= 11 is 1.68. The van der Waals surface area contributed by atoms with Crippen molar-refractivity contribution in [2.45, 2.75) is 30.9 Å². The summed E-state index contributed by atoms with van der Waals surface area (Å²) in [6.07, 6.45) is 0.614. The summed E-state index contributed by atoms with van der Waals surface area (Å²) in [7, 11) is 0. The van der Waals surface area contributed by atoms with E-state index in [9.17, 15) is 5.11 Å². The Kier molecular flexibility index (Phi) is 5.01. The highest BCUT2D eigenvalue weighted by Crippen LogP contribution is 2.19. The quantitative estimate of drug-likeness (QED) is 0.732. The van der Waals surface area contributed by atoms with Crippen LogP contribution in [0.5, 0.6) is 0 Å². The fourth-order valence-corrected chi connectivity index (χ4v) is 1.98. The number of thioether (sulfide) groups is 1. The molecule has 0 radical (unpaired) electrons. The maximum atomic E-state index is 9.38. The lowest BCUT2D eigenvalue weighted by molar-refractivity contribution is 0.195. The number of hydrogen-bond donors (Lipinski definition) is 2. The Morgan fingerprint density at radius 1 is 1.36 bits per heavy atom. The topological polar surface area (TPSA) is 46.2 Å². The van der Waals surface area contributed by atoms with E-state index in [-0.39, 0.29) is 6.10 Å². The van der Waals surface area contributed by atoms with E-state index >= 15 is 0 Å². The van der Waals surface area contributed by atoms with Crippen molar-refractivity contribution in [3.8, 4) is 0 Å². The third kappa shape index (κ3) is 3.70. The molecular formula is C11H17NOS. The average Bonchev–Trinajstić information content (AvgIpc) is 2.26. The number of rotatable bonds is 5. The van der Waals surface area contributed by atoms with E-state index in [0.717, 1.165) is 17.7 Å². The Morgan fingerprint density at radius 2 is 2.00 bits per heavy atom. The van der Waals surface area contributed by atoms with Gasteiger partial charge in [0.05, 0.1) is 6.10 Å². The van der Waals surface area contributed by atoms with Gasteiger partial charge in [-0.25, -0.2) is 0 Å². The number of aliphatic hydroxyl groups excluding tert-OH is 1. The van der Waals surface area contributed by atoms with Gasteiger partial charge in [-0.05, 0) is 24.1 Å². The number of nitrogens with two attached hydrogens (primary N) is 1. The first-order valence-corrected chi connectivity index (χ1v) is 5.84. The van der Waals surface area contributed by atoms with Crippen molar-refractivity contribution in [3.05, 3.63) is 29.8 Å². The first kappa shape index (κ1) is 11.6. The summed E-state index contributed by atoms with van der Waals surface area (Å²) in [5, 5.41) is 9.38. The molecule has 0 amide bonds. The van der Waals surface area contributed by atoms with E-state index in [1.165, 1.54) is 4.90 Å². The maximum Gasteiger partial charge on any atom is 0.0631 e. The largest absolute Gasteiger partial charge is 0.392 e. The van der Waals surface area contributed by atoms with E-state index in [0.29, 0.717) is 6.54 Å². The highest BCUT2D eigenvalue weighted by molar-refractivity contribution is 7.99. The SMILES string of the molecule is CCC(O)CSc1ccc(CN)cc1. The molecule has 0 aliphatic rings. The fourth-order valence-electron chi connectivity index (χ4n) is 1.03. The van der Waals surface area contributed by atoms with Crippen molar-refractivity contribution < 1.29 is 5.11 Å². The van der Waals surface area contributed by atoms with Crippen LogP contribution in [-0.2, 0) is 6.54 Å². The summed E-state index contributed by atoms with van der Waals surface area (Å²) in [5.74, 6) is 0.762. The summed E-state index contributed by atoms with van der Waals surface area (Å²) in [4.78, 5) is 1.19. The summed E-state index contributed by atoms with van der Waals surface area (Å²) in [6.45, 7) is 2.57. The van der Waals surface area contributed by atoms with Crippen molar-refractivity contribution in [2.75, 3.05) is 5.75 Å². The molecule has 0 aromatic heterocycles. The molecule has 1 unspecified atom stereocenters. The van der Waals surface area contributed by atoms with Crippen molar-refractivity contribution in [1.82, 2.24) is 0 Å². The smallest absolute Gasteiger partial charge is 0.0631 e. The summed E-state index contributed by atoms with van der Waals surface area (Å²) < 4.78 is 0. The molecule has 0 aliphatic heterocycles. The van der Waals surface area contributed by atoms with Crippen LogP contribution in [0.15, 0.2) is 29.2 Å². The molecule has 0 spiro atoms. The number of aliphatic hydroxyl groups is 1. The molecule has 0 fully saturated rings. The first-order chi connectivity index (χ1) is 6.76. The van der Waals surface area contributed by atoms with Crippen LogP contribution in [-0.4, -0.2) is 17.0 Å². The molecule has 1 aromatic rings. The average molecular weight is 211 g/mol. The van der Waals surface area contributed by atoms with E-state index in [1.54, 1.807) is 11.8 Å². The molecule has 0 bridgehead atoms. The lowest BCUT2D eigenvalue weighted by atomic mass is 10.2. The minimum absolute atomic E-state index is 0.200. The third-order valence-electron chi connectivity index (χ3n) is 2.07. The van der Waals surface area contributed by atoms with Gasteiger partial charge in [-0.1, -0.05) is 19.1 Å². The molecule has 0 aliphatic carbocycles. The second-order valence-electron chi connectivity index (χ2n) is 3.22. The van der Waals surface area contributed by atoms with Crippen molar-refractivity contribution in [1.29, 1.82) is 0 Å². The van der Waals surface area contributed by atoms with Gasteiger partial charge in [0.25, 0.3) is 0 Å². The van der Waals surface area contributed by atoms with Gasteiger partial charge in [-0.3, -0.25) is 0 Å². The zero-order valence-electron chi connectivity index (χ0n) is 8.44. The van der Waals surface area contributed by atoms with Gasteiger partial charge >= 0.3 is 0 Å². The molecule has 1 rings (SSSR count). The molecule has 14 heavy (non-hydrogen) atoms. The lowest BCUT2D eigenvalue weighted by Gasteiger charge is -2.07. The normalized spacial score (nSPS) is 12.8. The van der Waals surface area contributed by atoms with E-state index in [4.69, 9.17) is 5.73 Å². The Morgan fingerprint density at radius 3 is 2.50 bits per heavy atom.